The van der Waals surface area contributed by atoms with Gasteiger partial charge in [-0.1, -0.05) is 44.2 Å². The zero-order chi connectivity index (χ0) is 15.6. The highest BCUT2D eigenvalue weighted by Crippen LogP contribution is 2.40. The zero-order valence-corrected chi connectivity index (χ0v) is 13.9. The van der Waals surface area contributed by atoms with Gasteiger partial charge in [-0.3, -0.25) is 0 Å². The van der Waals surface area contributed by atoms with Crippen LogP contribution in [-0.2, 0) is 10.2 Å². The van der Waals surface area contributed by atoms with E-state index < -0.39 is 0 Å². The van der Waals surface area contributed by atoms with Crippen molar-refractivity contribution in [2.45, 2.75) is 51.4 Å². The van der Waals surface area contributed by atoms with Crippen LogP contribution in [0, 0.1) is 5.41 Å². The van der Waals surface area contributed by atoms with Crippen LogP contribution in [0.15, 0.2) is 30.3 Å². The van der Waals surface area contributed by atoms with E-state index in [1.165, 1.54) is 23.1 Å². The third kappa shape index (κ3) is 3.13. The fourth-order valence-corrected chi connectivity index (χ4v) is 3.69. The molecule has 1 N–H and O–H groups in total. The topological polar surface area (TPSA) is 29.5 Å². The molecule has 2 aliphatic rings. The lowest BCUT2D eigenvalue weighted by Crippen LogP contribution is -2.37. The molecule has 1 heterocycles. The molecule has 0 bridgehead atoms. The van der Waals surface area contributed by atoms with Crippen LogP contribution in [0.1, 0.15) is 57.1 Å². The second-order valence-corrected chi connectivity index (χ2v) is 7.73. The van der Waals surface area contributed by atoms with E-state index in [1.807, 2.05) is 0 Å². The molecule has 1 aliphatic heterocycles. The molecule has 2 nitrogen and oxygen atoms in total. The molecule has 0 radical (unpaired) electrons. The van der Waals surface area contributed by atoms with Gasteiger partial charge in [0.15, 0.2) is 0 Å². The molecule has 0 aromatic heterocycles. The molecular weight excluding hydrogens is 272 g/mol. The van der Waals surface area contributed by atoms with Gasteiger partial charge in [-0.05, 0) is 54.2 Å². The predicted octanol–water partition coefficient (Wildman–Crippen LogP) is 4.32. The highest BCUT2D eigenvalue weighted by molar-refractivity contribution is 5.67. The Bertz CT molecular complexity index is 551. The summed E-state index contributed by atoms with van der Waals surface area (Å²) in [5.41, 5.74) is 4.42. The standard InChI is InChI=1S/C20H28O2/c1-19(2)8-6-16(7-9-19)17-4-3-5-18(14-17)20(15-21)10-12-22-13-11-20/h3-6,14,21H,7-13,15H2,1-2H3. The van der Waals surface area contributed by atoms with Crippen molar-refractivity contribution in [1.29, 1.82) is 0 Å². The number of aliphatic hydroxyl groups excluding tert-OH is 1. The molecule has 0 unspecified atom stereocenters. The second kappa shape index (κ2) is 6.17. The molecule has 0 amide bonds. The fourth-order valence-electron chi connectivity index (χ4n) is 3.69. The Kier molecular flexibility index (Phi) is 4.42. The Morgan fingerprint density at radius 1 is 1.14 bits per heavy atom. The lowest BCUT2D eigenvalue weighted by molar-refractivity contribution is 0.0253. The highest BCUT2D eigenvalue weighted by Gasteiger charge is 2.34. The number of aliphatic hydroxyl groups is 1. The Hall–Kier alpha value is -1.12. The van der Waals surface area contributed by atoms with Crippen LogP contribution < -0.4 is 0 Å². The monoisotopic (exact) mass is 300 g/mol. The average Bonchev–Trinajstić information content (AvgIpc) is 2.55. The Labute approximate surface area is 134 Å². The van der Waals surface area contributed by atoms with E-state index in [0.717, 1.165) is 38.9 Å². The summed E-state index contributed by atoms with van der Waals surface area (Å²) >= 11 is 0. The quantitative estimate of drug-likeness (QED) is 0.901. The average molecular weight is 300 g/mol. The maximum absolute atomic E-state index is 9.99. The highest BCUT2D eigenvalue weighted by atomic mass is 16.5. The number of benzene rings is 1. The van der Waals surface area contributed by atoms with E-state index in [4.69, 9.17) is 4.74 Å². The smallest absolute Gasteiger partial charge is 0.0529 e. The summed E-state index contributed by atoms with van der Waals surface area (Å²) in [6, 6.07) is 8.86. The van der Waals surface area contributed by atoms with Crippen molar-refractivity contribution in [3.63, 3.8) is 0 Å². The summed E-state index contributed by atoms with van der Waals surface area (Å²) < 4.78 is 5.50. The SMILES string of the molecule is CC1(C)CC=C(c2cccc(C3(CO)CCOCC3)c2)CC1. The second-order valence-electron chi connectivity index (χ2n) is 7.73. The Balaban J connectivity index is 1.88. The number of hydrogen-bond donors (Lipinski definition) is 1. The lowest BCUT2D eigenvalue weighted by atomic mass is 9.73. The van der Waals surface area contributed by atoms with Crippen molar-refractivity contribution in [2.24, 2.45) is 5.41 Å². The number of ether oxygens (including phenoxy) is 1. The van der Waals surface area contributed by atoms with Gasteiger partial charge in [0.25, 0.3) is 0 Å². The number of hydrogen-bond acceptors (Lipinski definition) is 2. The summed E-state index contributed by atoms with van der Waals surface area (Å²) in [7, 11) is 0. The van der Waals surface area contributed by atoms with Gasteiger partial charge in [0, 0.05) is 18.6 Å². The van der Waals surface area contributed by atoms with Gasteiger partial charge in [-0.15, -0.1) is 0 Å². The van der Waals surface area contributed by atoms with Crippen molar-refractivity contribution < 1.29 is 9.84 Å². The molecule has 1 aromatic rings. The molecule has 1 aromatic carbocycles. The van der Waals surface area contributed by atoms with E-state index in [9.17, 15) is 5.11 Å². The van der Waals surface area contributed by atoms with Gasteiger partial charge < -0.3 is 9.84 Å². The summed E-state index contributed by atoms with van der Waals surface area (Å²) in [6.07, 6.45) is 7.82. The maximum Gasteiger partial charge on any atom is 0.0529 e. The van der Waals surface area contributed by atoms with Crippen LogP contribution in [0.5, 0.6) is 0 Å². The summed E-state index contributed by atoms with van der Waals surface area (Å²) in [4.78, 5) is 0. The van der Waals surface area contributed by atoms with E-state index in [2.05, 4.69) is 44.2 Å². The summed E-state index contributed by atoms with van der Waals surface area (Å²) in [5, 5.41) is 9.99. The molecule has 3 rings (SSSR count). The zero-order valence-electron chi connectivity index (χ0n) is 13.9. The first-order valence-electron chi connectivity index (χ1n) is 8.53. The Morgan fingerprint density at radius 3 is 2.55 bits per heavy atom. The van der Waals surface area contributed by atoms with Gasteiger partial charge in [-0.2, -0.15) is 0 Å². The van der Waals surface area contributed by atoms with Gasteiger partial charge in [-0.25, -0.2) is 0 Å². The molecule has 0 spiro atoms. The number of rotatable bonds is 3. The molecule has 1 fully saturated rings. The van der Waals surface area contributed by atoms with Crippen LogP contribution in [-0.4, -0.2) is 24.9 Å². The first-order valence-corrected chi connectivity index (χ1v) is 8.53. The molecule has 0 saturated carbocycles. The van der Waals surface area contributed by atoms with Gasteiger partial charge in [0.2, 0.25) is 0 Å². The minimum absolute atomic E-state index is 0.108. The number of allylic oxidation sites excluding steroid dienone is 2. The first kappa shape index (κ1) is 15.8. The third-order valence-electron chi connectivity index (χ3n) is 5.57. The van der Waals surface area contributed by atoms with Crippen LogP contribution in [0.4, 0.5) is 0 Å². The van der Waals surface area contributed by atoms with Crippen LogP contribution in [0.2, 0.25) is 0 Å². The molecular formula is C20H28O2. The molecule has 1 aliphatic carbocycles. The van der Waals surface area contributed by atoms with Crippen LogP contribution >= 0.6 is 0 Å². The van der Waals surface area contributed by atoms with E-state index in [-0.39, 0.29) is 12.0 Å². The van der Waals surface area contributed by atoms with E-state index in [1.54, 1.807) is 0 Å². The molecule has 2 heteroatoms. The van der Waals surface area contributed by atoms with Crippen LogP contribution in [0.3, 0.4) is 0 Å². The normalized spacial score (nSPS) is 23.9. The van der Waals surface area contributed by atoms with E-state index >= 15 is 0 Å². The molecule has 1 saturated heterocycles. The summed E-state index contributed by atoms with van der Waals surface area (Å²) in [6.45, 7) is 6.41. The third-order valence-corrected chi connectivity index (χ3v) is 5.57. The predicted molar refractivity (Wildman–Crippen MR) is 90.9 cm³/mol. The lowest BCUT2D eigenvalue weighted by Gasteiger charge is -2.36. The summed E-state index contributed by atoms with van der Waals surface area (Å²) in [5.74, 6) is 0. The maximum atomic E-state index is 9.99. The Morgan fingerprint density at radius 2 is 1.91 bits per heavy atom. The van der Waals surface area contributed by atoms with Crippen molar-refractivity contribution >= 4 is 5.57 Å². The molecule has 120 valence electrons. The van der Waals surface area contributed by atoms with Crippen molar-refractivity contribution in [1.82, 2.24) is 0 Å². The van der Waals surface area contributed by atoms with E-state index in [0.29, 0.717) is 5.41 Å². The fraction of sp³-hybridized carbons (Fsp3) is 0.600. The van der Waals surface area contributed by atoms with Crippen molar-refractivity contribution in [2.75, 3.05) is 19.8 Å². The first-order chi connectivity index (χ1) is 10.5. The van der Waals surface area contributed by atoms with Gasteiger partial charge in [0.1, 0.15) is 0 Å². The van der Waals surface area contributed by atoms with Crippen molar-refractivity contribution in [3.05, 3.63) is 41.5 Å². The van der Waals surface area contributed by atoms with Gasteiger partial charge in [0.05, 0.1) is 6.61 Å². The largest absolute Gasteiger partial charge is 0.395 e. The van der Waals surface area contributed by atoms with Gasteiger partial charge >= 0.3 is 0 Å². The molecule has 22 heavy (non-hydrogen) atoms. The van der Waals surface area contributed by atoms with Crippen LogP contribution in [0.25, 0.3) is 5.57 Å². The molecule has 0 atom stereocenters. The van der Waals surface area contributed by atoms with Crippen molar-refractivity contribution in [3.8, 4) is 0 Å². The minimum Gasteiger partial charge on any atom is -0.395 e. The minimum atomic E-state index is -0.108.